The molecule has 3 rings (SSSR count). The number of hydrogen-bond acceptors (Lipinski definition) is 4. The molecule has 1 atom stereocenters. The number of carbonyl (C=O) groups is 2. The SMILES string of the molecule is CCCNC(=O)[C@@H](CC)N(Cc1ccccc1)C(=O)CN(c1ccc(Cl)cc1)S(=O)(=O)c1ccc(C)cc1. The van der Waals surface area contributed by atoms with Crippen LogP contribution in [0.4, 0.5) is 5.69 Å². The Hall–Kier alpha value is -3.36. The number of carbonyl (C=O) groups excluding carboxylic acids is 2. The molecule has 0 aliphatic heterocycles. The number of rotatable bonds is 12. The Morgan fingerprint density at radius 1 is 0.921 bits per heavy atom. The van der Waals surface area contributed by atoms with Crippen LogP contribution in [0.25, 0.3) is 0 Å². The number of hydrogen-bond donors (Lipinski definition) is 1. The number of sulfonamides is 1. The van der Waals surface area contributed by atoms with E-state index >= 15 is 0 Å². The lowest BCUT2D eigenvalue weighted by Gasteiger charge is -2.33. The summed E-state index contributed by atoms with van der Waals surface area (Å²) in [7, 11) is -4.11. The van der Waals surface area contributed by atoms with Crippen molar-refractivity contribution in [3.63, 3.8) is 0 Å². The summed E-state index contributed by atoms with van der Waals surface area (Å²) in [5.74, 6) is -0.754. The number of anilines is 1. The van der Waals surface area contributed by atoms with E-state index in [2.05, 4.69) is 5.32 Å². The molecular weight excluding hydrogens is 522 g/mol. The number of aryl methyl sites for hydroxylation is 1. The number of halogens is 1. The van der Waals surface area contributed by atoms with Crippen LogP contribution >= 0.6 is 11.6 Å². The summed E-state index contributed by atoms with van der Waals surface area (Å²) in [6, 6.07) is 21.3. The maximum atomic E-state index is 13.9. The van der Waals surface area contributed by atoms with Crippen molar-refractivity contribution in [3.8, 4) is 0 Å². The molecule has 38 heavy (non-hydrogen) atoms. The first-order valence-electron chi connectivity index (χ1n) is 12.6. The molecule has 0 spiro atoms. The van der Waals surface area contributed by atoms with Crippen LogP contribution in [0.2, 0.25) is 5.02 Å². The largest absolute Gasteiger partial charge is 0.354 e. The lowest BCUT2D eigenvalue weighted by Crippen LogP contribution is -2.52. The summed E-state index contributed by atoms with van der Waals surface area (Å²) in [5, 5.41) is 3.32. The average molecular weight is 556 g/mol. The van der Waals surface area contributed by atoms with Gasteiger partial charge in [-0.3, -0.25) is 13.9 Å². The number of nitrogens with zero attached hydrogens (tertiary/aromatic N) is 2. The van der Waals surface area contributed by atoms with E-state index in [4.69, 9.17) is 11.6 Å². The van der Waals surface area contributed by atoms with E-state index in [1.54, 1.807) is 36.4 Å². The summed E-state index contributed by atoms with van der Waals surface area (Å²) < 4.78 is 28.7. The molecule has 0 saturated carbocycles. The van der Waals surface area contributed by atoms with Crippen molar-refractivity contribution in [2.24, 2.45) is 0 Å². The summed E-state index contributed by atoms with van der Waals surface area (Å²) in [4.78, 5) is 28.5. The molecular formula is C29H34ClN3O4S. The third kappa shape index (κ3) is 7.36. The Morgan fingerprint density at radius 3 is 2.13 bits per heavy atom. The minimum atomic E-state index is -4.11. The van der Waals surface area contributed by atoms with Crippen LogP contribution in [0.3, 0.4) is 0 Å². The summed E-state index contributed by atoms with van der Waals surface area (Å²) in [5.41, 5.74) is 2.05. The van der Waals surface area contributed by atoms with Gasteiger partial charge in [0, 0.05) is 18.1 Å². The lowest BCUT2D eigenvalue weighted by atomic mass is 10.1. The zero-order valence-electron chi connectivity index (χ0n) is 21.9. The topological polar surface area (TPSA) is 86.8 Å². The second-order valence-corrected chi connectivity index (χ2v) is 11.3. The first kappa shape index (κ1) is 29.2. The number of nitrogens with one attached hydrogen (secondary N) is 1. The van der Waals surface area contributed by atoms with Gasteiger partial charge in [0.05, 0.1) is 10.6 Å². The molecule has 0 radical (unpaired) electrons. The van der Waals surface area contributed by atoms with Crippen molar-refractivity contribution in [2.75, 3.05) is 17.4 Å². The fourth-order valence-electron chi connectivity index (χ4n) is 4.04. The van der Waals surface area contributed by atoms with Gasteiger partial charge in [0.1, 0.15) is 12.6 Å². The normalized spacial score (nSPS) is 12.0. The van der Waals surface area contributed by atoms with Crippen LogP contribution < -0.4 is 9.62 Å². The maximum absolute atomic E-state index is 13.9. The molecule has 0 aliphatic carbocycles. The quantitative estimate of drug-likeness (QED) is 0.334. The van der Waals surface area contributed by atoms with Gasteiger partial charge in [-0.2, -0.15) is 0 Å². The Kier molecular flexibility index (Phi) is 10.3. The fourth-order valence-corrected chi connectivity index (χ4v) is 5.58. The molecule has 1 N–H and O–H groups in total. The van der Waals surface area contributed by atoms with Gasteiger partial charge in [0.2, 0.25) is 11.8 Å². The highest BCUT2D eigenvalue weighted by molar-refractivity contribution is 7.92. The molecule has 0 aliphatic rings. The highest BCUT2D eigenvalue weighted by atomic mass is 35.5. The van der Waals surface area contributed by atoms with Crippen molar-refractivity contribution in [1.82, 2.24) is 10.2 Å². The van der Waals surface area contributed by atoms with Crippen LogP contribution in [0.15, 0.2) is 83.8 Å². The Bertz CT molecular complexity index is 1310. The Labute approximate surface area is 230 Å². The van der Waals surface area contributed by atoms with Crippen molar-refractivity contribution in [3.05, 3.63) is 95.0 Å². The van der Waals surface area contributed by atoms with Crippen molar-refractivity contribution >= 4 is 39.1 Å². The third-order valence-corrected chi connectivity index (χ3v) is 8.17. The molecule has 7 nitrogen and oxygen atoms in total. The Balaban J connectivity index is 2.03. The van der Waals surface area contributed by atoms with Crippen molar-refractivity contribution in [1.29, 1.82) is 0 Å². The van der Waals surface area contributed by atoms with E-state index in [-0.39, 0.29) is 17.3 Å². The second-order valence-electron chi connectivity index (χ2n) is 9.02. The van der Waals surface area contributed by atoms with Gasteiger partial charge < -0.3 is 10.2 Å². The standard InChI is InChI=1S/C29H34ClN3O4S/c1-4-19-31-29(35)27(5-2)32(20-23-9-7-6-8-10-23)28(34)21-33(25-15-13-24(30)14-16-25)38(36,37)26-17-11-22(3)12-18-26/h6-18,27H,4-5,19-21H2,1-3H3,(H,31,35)/t27-/m1/s1. The van der Waals surface area contributed by atoms with Crippen molar-refractivity contribution < 1.29 is 18.0 Å². The van der Waals surface area contributed by atoms with Crippen LogP contribution in [-0.2, 0) is 26.2 Å². The molecule has 0 bridgehead atoms. The summed E-state index contributed by atoms with van der Waals surface area (Å²) in [6.45, 7) is 5.82. The van der Waals surface area contributed by atoms with Gasteiger partial charge in [-0.15, -0.1) is 0 Å². The van der Waals surface area contributed by atoms with Crippen LogP contribution in [-0.4, -0.2) is 44.3 Å². The van der Waals surface area contributed by atoms with E-state index in [1.807, 2.05) is 51.1 Å². The highest BCUT2D eigenvalue weighted by Crippen LogP contribution is 2.26. The molecule has 0 aromatic heterocycles. The van der Waals surface area contributed by atoms with Gasteiger partial charge in [-0.1, -0.05) is 73.5 Å². The van der Waals surface area contributed by atoms with Gasteiger partial charge >= 0.3 is 0 Å². The minimum absolute atomic E-state index is 0.0631. The summed E-state index contributed by atoms with van der Waals surface area (Å²) >= 11 is 6.06. The molecule has 3 aromatic rings. The highest BCUT2D eigenvalue weighted by Gasteiger charge is 2.33. The molecule has 202 valence electrons. The van der Waals surface area contributed by atoms with E-state index < -0.39 is 28.5 Å². The molecule has 0 fully saturated rings. The molecule has 0 heterocycles. The van der Waals surface area contributed by atoms with E-state index in [0.29, 0.717) is 23.7 Å². The van der Waals surface area contributed by atoms with Crippen molar-refractivity contribution in [2.45, 2.75) is 51.1 Å². The predicted octanol–water partition coefficient (Wildman–Crippen LogP) is 5.18. The molecule has 9 heteroatoms. The van der Waals surface area contributed by atoms with Gasteiger partial charge in [-0.05, 0) is 61.7 Å². The molecule has 2 amide bonds. The molecule has 3 aromatic carbocycles. The van der Waals surface area contributed by atoms with Gasteiger partial charge in [-0.25, -0.2) is 8.42 Å². The second kappa shape index (κ2) is 13.4. The Morgan fingerprint density at radius 2 is 1.55 bits per heavy atom. The van der Waals surface area contributed by atoms with Gasteiger partial charge in [0.25, 0.3) is 10.0 Å². The van der Waals surface area contributed by atoms with Crippen LogP contribution in [0.1, 0.15) is 37.8 Å². The summed E-state index contributed by atoms with van der Waals surface area (Å²) in [6.07, 6.45) is 1.13. The van der Waals surface area contributed by atoms with E-state index in [1.165, 1.54) is 17.0 Å². The zero-order chi connectivity index (χ0) is 27.7. The smallest absolute Gasteiger partial charge is 0.264 e. The lowest BCUT2D eigenvalue weighted by molar-refractivity contribution is -0.140. The van der Waals surface area contributed by atoms with Gasteiger partial charge in [0.15, 0.2) is 0 Å². The first-order chi connectivity index (χ1) is 18.2. The van der Waals surface area contributed by atoms with Crippen LogP contribution in [0, 0.1) is 6.92 Å². The zero-order valence-corrected chi connectivity index (χ0v) is 23.5. The fraction of sp³-hybridized carbons (Fsp3) is 0.310. The molecule has 0 unspecified atom stereocenters. The van der Waals surface area contributed by atoms with Crippen LogP contribution in [0.5, 0.6) is 0 Å². The third-order valence-electron chi connectivity index (χ3n) is 6.13. The number of benzene rings is 3. The first-order valence-corrected chi connectivity index (χ1v) is 14.4. The number of amides is 2. The minimum Gasteiger partial charge on any atom is -0.354 e. The van der Waals surface area contributed by atoms with E-state index in [0.717, 1.165) is 21.9 Å². The molecule has 0 saturated heterocycles. The predicted molar refractivity (Wildman–Crippen MR) is 152 cm³/mol. The van der Waals surface area contributed by atoms with E-state index in [9.17, 15) is 18.0 Å². The monoisotopic (exact) mass is 555 g/mol. The maximum Gasteiger partial charge on any atom is 0.264 e. The average Bonchev–Trinajstić information content (AvgIpc) is 2.91.